The van der Waals surface area contributed by atoms with Crippen molar-refractivity contribution >= 4 is 17.5 Å². The molecule has 0 atom stereocenters. The second kappa shape index (κ2) is 4.42. The highest BCUT2D eigenvalue weighted by atomic mass is 19.4. The van der Waals surface area contributed by atoms with Gasteiger partial charge in [-0.25, -0.2) is 0 Å². The Morgan fingerprint density at radius 3 is 2.42 bits per heavy atom. The van der Waals surface area contributed by atoms with Crippen molar-refractivity contribution in [3.8, 4) is 0 Å². The molecule has 19 heavy (non-hydrogen) atoms. The molecular formula is C12H9F3N2O2. The van der Waals surface area contributed by atoms with Gasteiger partial charge in [0.05, 0.1) is 5.56 Å². The topological polar surface area (TPSA) is 49.4 Å². The first kappa shape index (κ1) is 13.1. The second-order valence-electron chi connectivity index (χ2n) is 3.96. The van der Waals surface area contributed by atoms with Crippen LogP contribution in [-0.2, 0) is 15.8 Å². The number of anilines is 1. The van der Waals surface area contributed by atoms with Crippen LogP contribution in [0, 0.1) is 0 Å². The lowest BCUT2D eigenvalue weighted by Gasteiger charge is -2.11. The van der Waals surface area contributed by atoms with Crippen molar-refractivity contribution in [2.24, 2.45) is 0 Å². The van der Waals surface area contributed by atoms with Gasteiger partial charge in [0.1, 0.15) is 5.70 Å². The molecule has 0 radical (unpaired) electrons. The lowest BCUT2D eigenvalue weighted by atomic mass is 10.2. The summed E-state index contributed by atoms with van der Waals surface area (Å²) in [5.41, 5.74) is -0.785. The highest BCUT2D eigenvalue weighted by Gasteiger charge is 2.31. The zero-order valence-corrected chi connectivity index (χ0v) is 9.78. The molecule has 0 aliphatic carbocycles. The Labute approximate surface area is 106 Å². The number of alkyl halides is 3. The number of benzene rings is 1. The van der Waals surface area contributed by atoms with Gasteiger partial charge in [0.25, 0.3) is 11.8 Å². The van der Waals surface area contributed by atoms with E-state index in [1.165, 1.54) is 19.2 Å². The third kappa shape index (κ3) is 2.59. The molecule has 2 amide bonds. The fourth-order valence-corrected chi connectivity index (χ4v) is 1.58. The molecule has 0 saturated carbocycles. The summed E-state index contributed by atoms with van der Waals surface area (Å²) in [4.78, 5) is 23.6. The van der Waals surface area contributed by atoms with Gasteiger partial charge in [-0.05, 0) is 18.2 Å². The maximum absolute atomic E-state index is 12.5. The third-order valence-corrected chi connectivity index (χ3v) is 2.60. The molecule has 7 heteroatoms. The molecule has 0 fully saturated rings. The van der Waals surface area contributed by atoms with Gasteiger partial charge in [-0.2, -0.15) is 13.2 Å². The summed E-state index contributed by atoms with van der Waals surface area (Å²) in [6, 6.07) is 4.40. The molecule has 4 nitrogen and oxygen atoms in total. The Morgan fingerprint density at radius 2 is 1.89 bits per heavy atom. The van der Waals surface area contributed by atoms with E-state index in [9.17, 15) is 22.8 Å². The molecule has 100 valence electrons. The fourth-order valence-electron chi connectivity index (χ4n) is 1.58. The van der Waals surface area contributed by atoms with E-state index in [2.05, 4.69) is 5.32 Å². The van der Waals surface area contributed by atoms with Crippen LogP contribution in [0.25, 0.3) is 0 Å². The predicted molar refractivity (Wildman–Crippen MR) is 60.9 cm³/mol. The summed E-state index contributed by atoms with van der Waals surface area (Å²) in [7, 11) is 1.29. The van der Waals surface area contributed by atoms with Gasteiger partial charge in [-0.1, -0.05) is 6.07 Å². The van der Waals surface area contributed by atoms with E-state index >= 15 is 0 Å². The summed E-state index contributed by atoms with van der Waals surface area (Å²) in [5.74, 6) is -1.10. The average molecular weight is 270 g/mol. The standard InChI is InChI=1S/C12H9F3N2O2/c1-17-10(18)6-9(11(17)19)16-8-4-2-3-7(5-8)12(13,14)15/h2-6,16H,1H3. The maximum atomic E-state index is 12.5. The lowest BCUT2D eigenvalue weighted by molar-refractivity contribution is -0.138. The van der Waals surface area contributed by atoms with Gasteiger partial charge >= 0.3 is 6.18 Å². The van der Waals surface area contributed by atoms with E-state index in [0.717, 1.165) is 23.1 Å². The number of hydrogen-bond donors (Lipinski definition) is 1. The number of nitrogens with one attached hydrogen (secondary N) is 1. The van der Waals surface area contributed by atoms with Crippen molar-refractivity contribution < 1.29 is 22.8 Å². The van der Waals surface area contributed by atoms with Crippen LogP contribution in [0.3, 0.4) is 0 Å². The number of halogens is 3. The number of nitrogens with zero attached hydrogens (tertiary/aromatic N) is 1. The molecule has 1 aliphatic heterocycles. The van der Waals surface area contributed by atoms with Crippen LogP contribution in [-0.4, -0.2) is 23.8 Å². The van der Waals surface area contributed by atoms with E-state index in [-0.39, 0.29) is 11.4 Å². The van der Waals surface area contributed by atoms with Crippen LogP contribution >= 0.6 is 0 Å². The van der Waals surface area contributed by atoms with Gasteiger partial charge < -0.3 is 5.32 Å². The van der Waals surface area contributed by atoms with Crippen LogP contribution in [0.1, 0.15) is 5.56 Å². The van der Waals surface area contributed by atoms with Crippen molar-refractivity contribution in [3.05, 3.63) is 41.6 Å². The summed E-state index contributed by atoms with van der Waals surface area (Å²) >= 11 is 0. The van der Waals surface area contributed by atoms with Gasteiger partial charge in [0.15, 0.2) is 0 Å². The zero-order chi connectivity index (χ0) is 14.2. The van der Waals surface area contributed by atoms with E-state index < -0.39 is 23.6 Å². The minimum absolute atomic E-state index is 0.0492. The van der Waals surface area contributed by atoms with Gasteiger partial charge in [0.2, 0.25) is 0 Å². The first-order valence-corrected chi connectivity index (χ1v) is 5.27. The predicted octanol–water partition coefficient (Wildman–Crippen LogP) is 2.00. The fraction of sp³-hybridized carbons (Fsp3) is 0.167. The number of hydrogen-bond acceptors (Lipinski definition) is 3. The number of carbonyl (C=O) groups is 2. The normalized spacial score (nSPS) is 15.8. The molecular weight excluding hydrogens is 261 g/mol. The third-order valence-electron chi connectivity index (χ3n) is 2.60. The van der Waals surface area contributed by atoms with Crippen molar-refractivity contribution in [1.82, 2.24) is 4.90 Å². The Bertz CT molecular complexity index is 579. The Balaban J connectivity index is 2.24. The summed E-state index contributed by atoms with van der Waals surface area (Å²) in [6.45, 7) is 0. The molecule has 0 spiro atoms. The van der Waals surface area contributed by atoms with E-state index in [0.29, 0.717) is 0 Å². The lowest BCUT2D eigenvalue weighted by Crippen LogP contribution is -2.27. The zero-order valence-electron chi connectivity index (χ0n) is 9.78. The highest BCUT2D eigenvalue weighted by Crippen LogP contribution is 2.31. The molecule has 0 unspecified atom stereocenters. The molecule has 2 rings (SSSR count). The average Bonchev–Trinajstić information content (AvgIpc) is 2.56. The Hall–Kier alpha value is -2.31. The number of carbonyl (C=O) groups excluding carboxylic acids is 2. The van der Waals surface area contributed by atoms with Gasteiger partial charge in [0, 0.05) is 18.8 Å². The number of imide groups is 1. The monoisotopic (exact) mass is 270 g/mol. The van der Waals surface area contributed by atoms with E-state index in [1.807, 2.05) is 0 Å². The summed E-state index contributed by atoms with van der Waals surface area (Å²) in [5, 5.41) is 2.51. The SMILES string of the molecule is CN1C(=O)C=C(Nc2cccc(C(F)(F)F)c2)C1=O. The van der Waals surface area contributed by atoms with Crippen LogP contribution in [0.5, 0.6) is 0 Å². The molecule has 1 aliphatic rings. The van der Waals surface area contributed by atoms with Crippen molar-refractivity contribution in [3.63, 3.8) is 0 Å². The largest absolute Gasteiger partial charge is 0.416 e. The Kier molecular flexibility index (Phi) is 3.05. The number of rotatable bonds is 2. The molecule has 1 heterocycles. The second-order valence-corrected chi connectivity index (χ2v) is 3.96. The first-order valence-electron chi connectivity index (χ1n) is 5.27. The van der Waals surface area contributed by atoms with Gasteiger partial charge in [-0.15, -0.1) is 0 Å². The molecule has 1 aromatic carbocycles. The van der Waals surface area contributed by atoms with Crippen molar-refractivity contribution in [2.75, 3.05) is 12.4 Å². The number of amides is 2. The minimum atomic E-state index is -4.46. The maximum Gasteiger partial charge on any atom is 0.416 e. The highest BCUT2D eigenvalue weighted by molar-refractivity contribution is 6.17. The molecule has 0 aromatic heterocycles. The van der Waals surface area contributed by atoms with E-state index in [1.54, 1.807) is 0 Å². The van der Waals surface area contributed by atoms with Gasteiger partial charge in [-0.3, -0.25) is 14.5 Å². The Morgan fingerprint density at radius 1 is 1.21 bits per heavy atom. The summed E-state index contributed by atoms with van der Waals surface area (Å²) < 4.78 is 37.5. The first-order chi connectivity index (χ1) is 8.79. The summed E-state index contributed by atoms with van der Waals surface area (Å²) in [6.07, 6.45) is -3.42. The van der Waals surface area contributed by atoms with Crippen molar-refractivity contribution in [1.29, 1.82) is 0 Å². The van der Waals surface area contributed by atoms with Crippen LogP contribution < -0.4 is 5.32 Å². The van der Waals surface area contributed by atoms with Crippen molar-refractivity contribution in [2.45, 2.75) is 6.18 Å². The van der Waals surface area contributed by atoms with E-state index in [4.69, 9.17) is 0 Å². The number of likely N-dealkylation sites (N-methyl/N-ethyl adjacent to an activating group) is 1. The van der Waals surface area contributed by atoms with Crippen LogP contribution in [0.4, 0.5) is 18.9 Å². The van der Waals surface area contributed by atoms with Crippen LogP contribution in [0.2, 0.25) is 0 Å². The minimum Gasteiger partial charge on any atom is -0.351 e. The molecule has 1 aromatic rings. The smallest absolute Gasteiger partial charge is 0.351 e. The quantitative estimate of drug-likeness (QED) is 0.836. The molecule has 0 bridgehead atoms. The van der Waals surface area contributed by atoms with Crippen LogP contribution in [0.15, 0.2) is 36.0 Å². The molecule has 0 saturated heterocycles. The molecule has 1 N–H and O–H groups in total.